The maximum absolute atomic E-state index is 11.6. The van der Waals surface area contributed by atoms with Crippen molar-refractivity contribution in [3.8, 4) is 5.75 Å². The van der Waals surface area contributed by atoms with E-state index in [0.29, 0.717) is 6.54 Å². The number of carbonyl (C=O) groups is 2. The van der Waals surface area contributed by atoms with Gasteiger partial charge in [0.05, 0.1) is 0 Å². The van der Waals surface area contributed by atoms with Crippen LogP contribution in [0.1, 0.15) is 25.3 Å². The van der Waals surface area contributed by atoms with Crippen LogP contribution in [0.25, 0.3) is 0 Å². The molecule has 0 aliphatic heterocycles. The largest absolute Gasteiger partial charge is 0.508 e. The number of rotatable bonds is 6. The molecule has 4 N–H and O–H groups in total. The molecule has 0 heterocycles. The number of benzene rings is 1. The van der Waals surface area contributed by atoms with E-state index in [1.165, 1.54) is 0 Å². The number of hydrogen-bond acceptors (Lipinski definition) is 3. The fourth-order valence-electron chi connectivity index (χ4n) is 1.62. The summed E-state index contributed by atoms with van der Waals surface area (Å²) in [6.07, 6.45) is 0.494. The van der Waals surface area contributed by atoms with Crippen molar-refractivity contribution in [3.05, 3.63) is 29.8 Å². The molecule has 5 heteroatoms. The second kappa shape index (κ2) is 6.64. The van der Waals surface area contributed by atoms with Crippen LogP contribution in [0.5, 0.6) is 5.75 Å². The zero-order valence-electron chi connectivity index (χ0n) is 10.3. The summed E-state index contributed by atoms with van der Waals surface area (Å²) in [5, 5.41) is 11.9. The molecule has 0 aromatic heterocycles. The van der Waals surface area contributed by atoms with E-state index in [1.54, 1.807) is 24.3 Å². The van der Waals surface area contributed by atoms with E-state index in [-0.39, 0.29) is 30.4 Å². The number of nitrogens with two attached hydrogens (primary N) is 1. The molecule has 0 radical (unpaired) electrons. The van der Waals surface area contributed by atoms with Crippen LogP contribution in [-0.4, -0.2) is 16.9 Å². The van der Waals surface area contributed by atoms with Gasteiger partial charge in [0.15, 0.2) is 0 Å². The molecule has 0 unspecified atom stereocenters. The second-order valence-corrected chi connectivity index (χ2v) is 4.42. The molecule has 0 aliphatic rings. The average molecular weight is 250 g/mol. The molecule has 0 bridgehead atoms. The van der Waals surface area contributed by atoms with E-state index in [1.807, 2.05) is 6.92 Å². The zero-order valence-corrected chi connectivity index (χ0v) is 10.3. The first-order chi connectivity index (χ1) is 8.47. The molecule has 18 heavy (non-hydrogen) atoms. The van der Waals surface area contributed by atoms with Crippen molar-refractivity contribution in [2.75, 3.05) is 0 Å². The number of amides is 2. The standard InChI is InChI=1S/C13H18N2O3/c1-9(6-12(14)17)7-13(18)15-8-10-2-4-11(16)5-3-10/h2-5,9,16H,6-8H2,1H3,(H2,14,17)(H,15,18)/t9-/m1/s1. The van der Waals surface area contributed by atoms with Gasteiger partial charge in [-0.25, -0.2) is 0 Å². The van der Waals surface area contributed by atoms with E-state index in [0.717, 1.165) is 5.56 Å². The van der Waals surface area contributed by atoms with Crippen molar-refractivity contribution >= 4 is 11.8 Å². The van der Waals surface area contributed by atoms with Gasteiger partial charge in [0.2, 0.25) is 11.8 Å². The Morgan fingerprint density at radius 1 is 1.28 bits per heavy atom. The third-order valence-corrected chi connectivity index (χ3v) is 2.51. The van der Waals surface area contributed by atoms with Gasteiger partial charge in [-0.05, 0) is 23.6 Å². The van der Waals surface area contributed by atoms with Gasteiger partial charge >= 0.3 is 0 Å². The normalized spacial score (nSPS) is 11.8. The minimum absolute atomic E-state index is 0.0534. The number of primary amides is 1. The highest BCUT2D eigenvalue weighted by Gasteiger charge is 2.11. The van der Waals surface area contributed by atoms with Gasteiger partial charge in [-0.2, -0.15) is 0 Å². The van der Waals surface area contributed by atoms with Crippen LogP contribution in [-0.2, 0) is 16.1 Å². The molecule has 1 rings (SSSR count). The number of hydrogen-bond donors (Lipinski definition) is 3. The smallest absolute Gasteiger partial charge is 0.220 e. The molecule has 0 spiro atoms. The Bertz CT molecular complexity index is 415. The van der Waals surface area contributed by atoms with E-state index in [9.17, 15) is 9.59 Å². The summed E-state index contributed by atoms with van der Waals surface area (Å²) in [4.78, 5) is 22.2. The van der Waals surface area contributed by atoms with E-state index >= 15 is 0 Å². The lowest BCUT2D eigenvalue weighted by Crippen LogP contribution is -2.26. The molecule has 1 atom stereocenters. The number of phenolic OH excluding ortho intramolecular Hbond substituents is 1. The Morgan fingerprint density at radius 3 is 2.44 bits per heavy atom. The van der Waals surface area contributed by atoms with Crippen LogP contribution < -0.4 is 11.1 Å². The van der Waals surface area contributed by atoms with E-state index in [2.05, 4.69) is 5.32 Å². The van der Waals surface area contributed by atoms with Gasteiger partial charge in [-0.15, -0.1) is 0 Å². The van der Waals surface area contributed by atoms with Crippen LogP contribution in [0, 0.1) is 5.92 Å². The lowest BCUT2D eigenvalue weighted by Gasteiger charge is -2.09. The van der Waals surface area contributed by atoms with Gasteiger partial charge in [0.1, 0.15) is 5.75 Å². The third-order valence-electron chi connectivity index (χ3n) is 2.51. The first-order valence-corrected chi connectivity index (χ1v) is 5.80. The first kappa shape index (κ1) is 14.0. The fourth-order valence-corrected chi connectivity index (χ4v) is 1.62. The SMILES string of the molecule is C[C@H](CC(N)=O)CC(=O)NCc1ccc(O)cc1. The zero-order chi connectivity index (χ0) is 13.5. The summed E-state index contributed by atoms with van der Waals surface area (Å²) in [6, 6.07) is 6.61. The topological polar surface area (TPSA) is 92.4 Å². The minimum Gasteiger partial charge on any atom is -0.508 e. The van der Waals surface area contributed by atoms with E-state index in [4.69, 9.17) is 10.8 Å². The Balaban J connectivity index is 2.32. The highest BCUT2D eigenvalue weighted by Crippen LogP contribution is 2.10. The first-order valence-electron chi connectivity index (χ1n) is 5.80. The summed E-state index contributed by atoms with van der Waals surface area (Å²) in [6.45, 7) is 2.22. The molecule has 0 fully saturated rings. The maximum atomic E-state index is 11.6. The molecule has 98 valence electrons. The lowest BCUT2D eigenvalue weighted by molar-refractivity contribution is -0.122. The monoisotopic (exact) mass is 250 g/mol. The Morgan fingerprint density at radius 2 is 1.89 bits per heavy atom. The predicted octanol–water partition coefficient (Wildman–Crippen LogP) is 0.910. The van der Waals surface area contributed by atoms with Crippen molar-refractivity contribution in [1.82, 2.24) is 5.32 Å². The van der Waals surface area contributed by atoms with Crippen molar-refractivity contribution in [3.63, 3.8) is 0 Å². The highest BCUT2D eigenvalue weighted by molar-refractivity contribution is 5.78. The predicted molar refractivity (Wildman–Crippen MR) is 67.5 cm³/mol. The Hall–Kier alpha value is -2.04. The third kappa shape index (κ3) is 5.34. The van der Waals surface area contributed by atoms with E-state index < -0.39 is 5.91 Å². The second-order valence-electron chi connectivity index (χ2n) is 4.42. The molecule has 2 amide bonds. The lowest BCUT2D eigenvalue weighted by atomic mass is 10.0. The van der Waals surface area contributed by atoms with Crippen molar-refractivity contribution in [2.45, 2.75) is 26.3 Å². The van der Waals surface area contributed by atoms with Crippen LogP contribution in [0.2, 0.25) is 0 Å². The van der Waals surface area contributed by atoms with Crippen molar-refractivity contribution in [2.24, 2.45) is 11.7 Å². The average Bonchev–Trinajstić information content (AvgIpc) is 2.27. The number of nitrogens with one attached hydrogen (secondary N) is 1. The summed E-state index contributed by atoms with van der Waals surface area (Å²) in [7, 11) is 0. The summed E-state index contributed by atoms with van der Waals surface area (Å²) in [5.41, 5.74) is 5.96. The van der Waals surface area contributed by atoms with Crippen LogP contribution in [0.4, 0.5) is 0 Å². The molecular formula is C13H18N2O3. The molecule has 1 aromatic rings. The Labute approximate surface area is 106 Å². The van der Waals surface area contributed by atoms with Gasteiger partial charge < -0.3 is 16.2 Å². The fraction of sp³-hybridized carbons (Fsp3) is 0.385. The van der Waals surface area contributed by atoms with Gasteiger partial charge in [-0.1, -0.05) is 19.1 Å². The molecular weight excluding hydrogens is 232 g/mol. The van der Waals surface area contributed by atoms with Crippen LogP contribution in [0.3, 0.4) is 0 Å². The number of aromatic hydroxyl groups is 1. The minimum atomic E-state index is -0.395. The summed E-state index contributed by atoms with van der Waals surface area (Å²) in [5.74, 6) is -0.367. The van der Waals surface area contributed by atoms with Crippen molar-refractivity contribution < 1.29 is 14.7 Å². The Kier molecular flexibility index (Phi) is 5.17. The van der Waals surface area contributed by atoms with Gasteiger partial charge in [-0.3, -0.25) is 9.59 Å². The van der Waals surface area contributed by atoms with Crippen LogP contribution in [0.15, 0.2) is 24.3 Å². The number of phenols is 1. The van der Waals surface area contributed by atoms with Gasteiger partial charge in [0, 0.05) is 19.4 Å². The van der Waals surface area contributed by atoms with Crippen molar-refractivity contribution in [1.29, 1.82) is 0 Å². The summed E-state index contributed by atoms with van der Waals surface area (Å²) < 4.78 is 0. The molecule has 0 saturated carbocycles. The quantitative estimate of drug-likeness (QED) is 0.700. The molecule has 0 saturated heterocycles. The highest BCUT2D eigenvalue weighted by atomic mass is 16.3. The van der Waals surface area contributed by atoms with Gasteiger partial charge in [0.25, 0.3) is 0 Å². The molecule has 1 aromatic carbocycles. The summed E-state index contributed by atoms with van der Waals surface area (Å²) >= 11 is 0. The maximum Gasteiger partial charge on any atom is 0.220 e. The van der Waals surface area contributed by atoms with Crippen LogP contribution >= 0.6 is 0 Å². The molecule has 5 nitrogen and oxygen atoms in total. The number of carbonyl (C=O) groups excluding carboxylic acids is 2. The molecule has 0 aliphatic carbocycles.